The second-order valence-electron chi connectivity index (χ2n) is 4.80. The van der Waals surface area contributed by atoms with Crippen molar-refractivity contribution in [1.29, 1.82) is 0 Å². The summed E-state index contributed by atoms with van der Waals surface area (Å²) < 4.78 is 36.7. The maximum Gasteiger partial charge on any atom is 0.344 e. The first kappa shape index (κ1) is 17.5. The fraction of sp³-hybridized carbons (Fsp3) is 0.267. The summed E-state index contributed by atoms with van der Waals surface area (Å²) in [6, 6.07) is 3.01. The first-order chi connectivity index (χ1) is 11.5. The number of aromatic amines is 1. The molecule has 2 rings (SSSR count). The van der Waals surface area contributed by atoms with Gasteiger partial charge < -0.3 is 15.2 Å². The standard InChI is InChI=1S/C15H15F2N3O4/c1-23-6-5-10-13(14(18)20-19-10)15(22)24-7-11(21)12-8(16)3-2-4-9(12)17/h2-4H,5-7H2,1H3,(H3,18,19,20). The number of ether oxygens (including phenoxy) is 2. The van der Waals surface area contributed by atoms with Gasteiger partial charge >= 0.3 is 5.97 Å². The second kappa shape index (κ2) is 7.64. The highest BCUT2D eigenvalue weighted by molar-refractivity contribution is 6.01. The van der Waals surface area contributed by atoms with Gasteiger partial charge in [-0.25, -0.2) is 13.6 Å². The molecule has 128 valence electrons. The predicted molar refractivity (Wildman–Crippen MR) is 79.6 cm³/mol. The van der Waals surface area contributed by atoms with Crippen molar-refractivity contribution in [2.24, 2.45) is 0 Å². The van der Waals surface area contributed by atoms with Crippen LogP contribution in [0, 0.1) is 11.6 Å². The number of esters is 1. The zero-order chi connectivity index (χ0) is 17.7. The van der Waals surface area contributed by atoms with E-state index in [9.17, 15) is 18.4 Å². The number of Topliss-reactive ketones (excluding diaryl/α,β-unsaturated/α-hetero) is 1. The van der Waals surface area contributed by atoms with Gasteiger partial charge in [0.1, 0.15) is 23.0 Å². The molecule has 0 saturated heterocycles. The van der Waals surface area contributed by atoms with Gasteiger partial charge in [-0.3, -0.25) is 9.89 Å². The number of carbonyl (C=O) groups is 2. The molecular weight excluding hydrogens is 324 g/mol. The summed E-state index contributed by atoms with van der Waals surface area (Å²) in [5.41, 5.74) is 5.13. The Morgan fingerprint density at radius 3 is 2.54 bits per heavy atom. The Labute approximate surface area is 135 Å². The van der Waals surface area contributed by atoms with Gasteiger partial charge in [0, 0.05) is 13.5 Å². The second-order valence-corrected chi connectivity index (χ2v) is 4.80. The maximum atomic E-state index is 13.5. The summed E-state index contributed by atoms with van der Waals surface area (Å²) >= 11 is 0. The molecule has 24 heavy (non-hydrogen) atoms. The average Bonchev–Trinajstić information content (AvgIpc) is 2.91. The normalized spacial score (nSPS) is 10.6. The molecule has 1 aromatic heterocycles. The Balaban J connectivity index is 2.08. The molecule has 9 heteroatoms. The number of carbonyl (C=O) groups excluding carboxylic acids is 2. The number of nitrogens with two attached hydrogens (primary N) is 1. The summed E-state index contributed by atoms with van der Waals surface area (Å²) in [5.74, 6) is -4.01. The summed E-state index contributed by atoms with van der Waals surface area (Å²) in [5, 5.41) is 6.28. The number of nitrogens with zero attached hydrogens (tertiary/aromatic N) is 1. The summed E-state index contributed by atoms with van der Waals surface area (Å²) in [7, 11) is 1.48. The van der Waals surface area contributed by atoms with Gasteiger partial charge in [-0.05, 0) is 12.1 Å². The molecule has 2 aromatic rings. The van der Waals surface area contributed by atoms with E-state index in [1.54, 1.807) is 0 Å². The zero-order valence-corrected chi connectivity index (χ0v) is 12.8. The summed E-state index contributed by atoms with van der Waals surface area (Å²) in [6.45, 7) is -0.533. The highest BCUT2D eigenvalue weighted by atomic mass is 19.1. The minimum Gasteiger partial charge on any atom is -0.454 e. The molecule has 7 nitrogen and oxygen atoms in total. The van der Waals surface area contributed by atoms with Gasteiger partial charge in [-0.15, -0.1) is 0 Å². The monoisotopic (exact) mass is 339 g/mol. The van der Waals surface area contributed by atoms with Crippen molar-refractivity contribution in [2.45, 2.75) is 6.42 Å². The van der Waals surface area contributed by atoms with Crippen LogP contribution in [0.5, 0.6) is 0 Å². The lowest BCUT2D eigenvalue weighted by Gasteiger charge is -2.07. The van der Waals surface area contributed by atoms with E-state index < -0.39 is 35.6 Å². The molecule has 0 unspecified atom stereocenters. The largest absolute Gasteiger partial charge is 0.454 e. The third-order valence-electron chi connectivity index (χ3n) is 3.19. The summed E-state index contributed by atoms with van der Waals surface area (Å²) in [4.78, 5) is 23.9. The van der Waals surface area contributed by atoms with Crippen molar-refractivity contribution in [3.63, 3.8) is 0 Å². The quantitative estimate of drug-likeness (QED) is 0.585. The number of nitrogens with one attached hydrogen (secondary N) is 1. The molecule has 0 aliphatic carbocycles. The van der Waals surface area contributed by atoms with Crippen LogP contribution in [0.1, 0.15) is 26.4 Å². The molecule has 0 aliphatic heterocycles. The molecule has 0 aliphatic rings. The molecule has 0 radical (unpaired) electrons. The number of halogens is 2. The van der Waals surface area contributed by atoms with Crippen molar-refractivity contribution in [3.8, 4) is 0 Å². The van der Waals surface area contributed by atoms with E-state index in [4.69, 9.17) is 15.2 Å². The van der Waals surface area contributed by atoms with Crippen LogP contribution in [0.2, 0.25) is 0 Å². The number of hydrogen-bond acceptors (Lipinski definition) is 6. The van der Waals surface area contributed by atoms with E-state index in [2.05, 4.69) is 10.2 Å². The highest BCUT2D eigenvalue weighted by Crippen LogP contribution is 2.17. The van der Waals surface area contributed by atoms with Crippen molar-refractivity contribution in [2.75, 3.05) is 26.1 Å². The van der Waals surface area contributed by atoms with Crippen molar-refractivity contribution in [1.82, 2.24) is 10.2 Å². The first-order valence-corrected chi connectivity index (χ1v) is 6.91. The molecule has 0 saturated carbocycles. The van der Waals surface area contributed by atoms with Crippen molar-refractivity contribution in [3.05, 3.63) is 46.7 Å². The predicted octanol–water partition coefficient (Wildman–Crippen LogP) is 1.50. The maximum absolute atomic E-state index is 13.5. The molecule has 0 bridgehead atoms. The number of aromatic nitrogens is 2. The number of benzene rings is 1. The lowest BCUT2D eigenvalue weighted by atomic mass is 10.1. The van der Waals surface area contributed by atoms with Crippen LogP contribution in [0.4, 0.5) is 14.6 Å². The number of anilines is 1. The Morgan fingerprint density at radius 1 is 1.25 bits per heavy atom. The third kappa shape index (κ3) is 3.74. The van der Waals surface area contributed by atoms with Crippen LogP contribution < -0.4 is 5.73 Å². The third-order valence-corrected chi connectivity index (χ3v) is 3.19. The molecule has 1 heterocycles. The first-order valence-electron chi connectivity index (χ1n) is 6.91. The summed E-state index contributed by atoms with van der Waals surface area (Å²) in [6.07, 6.45) is 0.296. The molecule has 3 N–H and O–H groups in total. The number of hydrogen-bond donors (Lipinski definition) is 2. The Kier molecular flexibility index (Phi) is 5.59. The topological polar surface area (TPSA) is 107 Å². The number of nitrogen functional groups attached to an aromatic ring is 1. The number of ketones is 1. The average molecular weight is 339 g/mol. The van der Waals surface area contributed by atoms with Gasteiger partial charge in [-0.1, -0.05) is 6.07 Å². The Morgan fingerprint density at radius 2 is 1.92 bits per heavy atom. The van der Waals surface area contributed by atoms with E-state index >= 15 is 0 Å². The van der Waals surface area contributed by atoms with E-state index in [1.807, 2.05) is 0 Å². The van der Waals surface area contributed by atoms with Crippen LogP contribution in [0.25, 0.3) is 0 Å². The van der Waals surface area contributed by atoms with Crippen LogP contribution in [-0.4, -0.2) is 42.3 Å². The molecule has 0 fully saturated rings. The highest BCUT2D eigenvalue weighted by Gasteiger charge is 2.23. The van der Waals surface area contributed by atoms with E-state index in [0.717, 1.165) is 18.2 Å². The number of methoxy groups -OCH3 is 1. The molecular formula is C15H15F2N3O4. The molecule has 1 aromatic carbocycles. The van der Waals surface area contributed by atoms with Crippen molar-refractivity contribution < 1.29 is 27.8 Å². The van der Waals surface area contributed by atoms with Crippen LogP contribution in [0.15, 0.2) is 18.2 Å². The van der Waals surface area contributed by atoms with Gasteiger partial charge in [0.05, 0.1) is 17.9 Å². The van der Waals surface area contributed by atoms with Crippen LogP contribution >= 0.6 is 0 Å². The van der Waals surface area contributed by atoms with Crippen LogP contribution in [0.3, 0.4) is 0 Å². The minimum absolute atomic E-state index is 0.0318. The van der Waals surface area contributed by atoms with E-state index in [1.165, 1.54) is 7.11 Å². The zero-order valence-electron chi connectivity index (χ0n) is 12.8. The van der Waals surface area contributed by atoms with Gasteiger partial charge in [0.15, 0.2) is 6.61 Å². The van der Waals surface area contributed by atoms with Crippen LogP contribution in [-0.2, 0) is 15.9 Å². The SMILES string of the molecule is COCCc1n[nH]c(N)c1C(=O)OCC(=O)c1c(F)cccc1F. The number of H-pyrrole nitrogens is 1. The van der Waals surface area contributed by atoms with E-state index in [-0.39, 0.29) is 11.4 Å². The van der Waals surface area contributed by atoms with Gasteiger partial charge in [0.25, 0.3) is 0 Å². The molecule has 0 spiro atoms. The van der Waals surface area contributed by atoms with Crippen molar-refractivity contribution >= 4 is 17.6 Å². The van der Waals surface area contributed by atoms with E-state index in [0.29, 0.717) is 18.7 Å². The minimum atomic E-state index is -1.03. The van der Waals surface area contributed by atoms with Gasteiger partial charge in [0.2, 0.25) is 5.78 Å². The smallest absolute Gasteiger partial charge is 0.344 e. The van der Waals surface area contributed by atoms with Gasteiger partial charge in [-0.2, -0.15) is 5.10 Å². The fourth-order valence-electron chi connectivity index (χ4n) is 2.04. The number of rotatable bonds is 7. The Hall–Kier alpha value is -2.81. The molecule has 0 atom stereocenters. The Bertz CT molecular complexity index is 741. The fourth-order valence-corrected chi connectivity index (χ4v) is 2.04. The lowest BCUT2D eigenvalue weighted by Crippen LogP contribution is -2.18. The lowest BCUT2D eigenvalue weighted by molar-refractivity contribution is 0.0472. The molecule has 0 amide bonds.